The smallest absolute Gasteiger partial charge is 0.311 e. The van der Waals surface area contributed by atoms with Crippen LogP contribution in [0.15, 0.2) is 42.7 Å². The molecule has 0 aliphatic heterocycles. The van der Waals surface area contributed by atoms with Gasteiger partial charge in [-0.15, -0.1) is 0 Å². The zero-order chi connectivity index (χ0) is 15.4. The minimum absolute atomic E-state index is 0.101. The van der Waals surface area contributed by atoms with Gasteiger partial charge in [0.1, 0.15) is 0 Å². The Morgan fingerprint density at radius 3 is 2.76 bits per heavy atom. The summed E-state index contributed by atoms with van der Waals surface area (Å²) in [7, 11) is 1.55. The second kappa shape index (κ2) is 6.00. The van der Waals surface area contributed by atoms with Gasteiger partial charge in [0.15, 0.2) is 0 Å². The van der Waals surface area contributed by atoms with E-state index in [1.54, 1.807) is 25.5 Å². The second-order valence-electron chi connectivity index (χ2n) is 4.45. The molecule has 2 rings (SSSR count). The average molecular weight is 287 g/mol. The summed E-state index contributed by atoms with van der Waals surface area (Å²) in [6.45, 7) is 0.287. The number of pyridine rings is 1. The number of nitro benzene ring substituents is 1. The van der Waals surface area contributed by atoms with Crippen molar-refractivity contribution < 1.29 is 14.8 Å². The summed E-state index contributed by atoms with van der Waals surface area (Å²) in [5.41, 5.74) is 0.226. The molecule has 0 atom stereocenters. The van der Waals surface area contributed by atoms with Crippen molar-refractivity contribution >= 4 is 11.6 Å². The van der Waals surface area contributed by atoms with Crippen molar-refractivity contribution in [3.63, 3.8) is 0 Å². The lowest BCUT2D eigenvalue weighted by molar-refractivity contribution is -0.385. The van der Waals surface area contributed by atoms with Crippen LogP contribution in [0.1, 0.15) is 15.9 Å². The Balaban J connectivity index is 2.24. The number of rotatable bonds is 4. The number of phenolic OH excluding ortho intramolecular Hbond substituents is 1. The third-order valence-electron chi connectivity index (χ3n) is 2.93. The maximum Gasteiger partial charge on any atom is 0.311 e. The molecule has 0 aliphatic rings. The fraction of sp³-hybridized carbons (Fsp3) is 0.143. The molecule has 7 nitrogen and oxygen atoms in total. The van der Waals surface area contributed by atoms with Gasteiger partial charge < -0.3 is 10.0 Å². The molecule has 0 bridgehead atoms. The Labute approximate surface area is 120 Å². The van der Waals surface area contributed by atoms with Gasteiger partial charge >= 0.3 is 5.69 Å². The molecule has 0 saturated heterocycles. The highest BCUT2D eigenvalue weighted by atomic mass is 16.6. The normalized spacial score (nSPS) is 10.1. The Hall–Kier alpha value is -2.96. The molecule has 2 aromatic rings. The monoisotopic (exact) mass is 287 g/mol. The molecule has 1 heterocycles. The van der Waals surface area contributed by atoms with Crippen molar-refractivity contribution in [1.29, 1.82) is 0 Å². The topological polar surface area (TPSA) is 96.6 Å². The molecule has 0 aliphatic carbocycles. The van der Waals surface area contributed by atoms with Crippen LogP contribution in [0.2, 0.25) is 0 Å². The van der Waals surface area contributed by atoms with Gasteiger partial charge in [-0.25, -0.2) is 0 Å². The van der Waals surface area contributed by atoms with Gasteiger partial charge in [0.25, 0.3) is 5.91 Å². The quantitative estimate of drug-likeness (QED) is 0.685. The molecule has 1 amide bonds. The van der Waals surface area contributed by atoms with E-state index in [1.807, 2.05) is 6.07 Å². The molecule has 0 unspecified atom stereocenters. The molecule has 0 saturated carbocycles. The van der Waals surface area contributed by atoms with E-state index in [-0.39, 0.29) is 12.1 Å². The van der Waals surface area contributed by atoms with E-state index in [2.05, 4.69) is 4.98 Å². The number of carbonyl (C=O) groups excluding carboxylic acids is 1. The summed E-state index contributed by atoms with van der Waals surface area (Å²) in [5, 5.41) is 20.6. The number of amides is 1. The maximum absolute atomic E-state index is 12.3. The number of phenols is 1. The summed E-state index contributed by atoms with van der Waals surface area (Å²) in [6, 6.07) is 7.42. The number of aromatic hydroxyl groups is 1. The predicted octanol–water partition coefficient (Wildman–Crippen LogP) is 1.97. The minimum atomic E-state index is -0.729. The number of para-hydroxylation sites is 1. The molecule has 0 spiro atoms. The zero-order valence-corrected chi connectivity index (χ0v) is 11.3. The lowest BCUT2D eigenvalue weighted by Crippen LogP contribution is -2.26. The van der Waals surface area contributed by atoms with E-state index >= 15 is 0 Å². The fourth-order valence-electron chi connectivity index (χ4n) is 1.89. The summed E-state index contributed by atoms with van der Waals surface area (Å²) >= 11 is 0. The van der Waals surface area contributed by atoms with Gasteiger partial charge in [-0.2, -0.15) is 0 Å². The van der Waals surface area contributed by atoms with Crippen LogP contribution in [0.25, 0.3) is 0 Å². The number of nitrogens with zero attached hydrogens (tertiary/aromatic N) is 3. The van der Waals surface area contributed by atoms with Crippen molar-refractivity contribution in [3.05, 3.63) is 64.0 Å². The number of nitro groups is 1. The Bertz CT molecular complexity index is 673. The van der Waals surface area contributed by atoms with Crippen LogP contribution in [0.4, 0.5) is 5.69 Å². The zero-order valence-electron chi connectivity index (χ0n) is 11.3. The molecule has 7 heteroatoms. The van der Waals surface area contributed by atoms with Crippen molar-refractivity contribution in [3.8, 4) is 5.75 Å². The van der Waals surface area contributed by atoms with E-state index in [9.17, 15) is 20.0 Å². The lowest BCUT2D eigenvalue weighted by Gasteiger charge is -2.17. The Kier molecular flexibility index (Phi) is 4.13. The Morgan fingerprint density at radius 2 is 2.14 bits per heavy atom. The first-order valence-electron chi connectivity index (χ1n) is 6.11. The van der Waals surface area contributed by atoms with E-state index in [0.29, 0.717) is 0 Å². The summed E-state index contributed by atoms with van der Waals surface area (Å²) in [6.07, 6.45) is 3.24. The minimum Gasteiger partial charge on any atom is -0.502 e. The third kappa shape index (κ3) is 3.14. The number of hydrogen-bond donors (Lipinski definition) is 1. The van der Waals surface area contributed by atoms with Gasteiger partial charge in [-0.3, -0.25) is 19.9 Å². The number of carbonyl (C=O) groups is 1. The van der Waals surface area contributed by atoms with E-state index in [4.69, 9.17) is 0 Å². The first-order chi connectivity index (χ1) is 10.0. The highest BCUT2D eigenvalue weighted by Crippen LogP contribution is 2.30. The second-order valence-corrected chi connectivity index (χ2v) is 4.45. The maximum atomic E-state index is 12.3. The largest absolute Gasteiger partial charge is 0.502 e. The van der Waals surface area contributed by atoms with Crippen molar-refractivity contribution in [2.75, 3.05) is 7.05 Å². The van der Waals surface area contributed by atoms with Crippen LogP contribution in [0.5, 0.6) is 5.75 Å². The molecule has 0 radical (unpaired) electrons. The number of hydrogen-bond acceptors (Lipinski definition) is 5. The average Bonchev–Trinajstić information content (AvgIpc) is 2.47. The molecule has 21 heavy (non-hydrogen) atoms. The van der Waals surface area contributed by atoms with Gasteiger partial charge in [0, 0.05) is 32.1 Å². The van der Waals surface area contributed by atoms with E-state index in [0.717, 1.165) is 11.6 Å². The Morgan fingerprint density at radius 1 is 1.38 bits per heavy atom. The molecular weight excluding hydrogens is 274 g/mol. The van der Waals surface area contributed by atoms with Gasteiger partial charge in [-0.1, -0.05) is 12.1 Å². The SMILES string of the molecule is CN(Cc1cccnc1)C(=O)c1cccc([N+](=O)[O-])c1O. The standard InChI is InChI=1S/C14H13N3O4/c1-16(9-10-4-3-7-15-8-10)14(19)11-5-2-6-12(13(11)18)17(20)21/h2-8,18H,9H2,1H3. The van der Waals surface area contributed by atoms with E-state index in [1.165, 1.54) is 17.0 Å². The lowest BCUT2D eigenvalue weighted by atomic mass is 10.1. The van der Waals surface area contributed by atoms with Gasteiger partial charge in [0.2, 0.25) is 5.75 Å². The summed E-state index contributed by atoms with van der Waals surface area (Å²) in [4.78, 5) is 27.6. The first-order valence-corrected chi connectivity index (χ1v) is 6.11. The van der Waals surface area contributed by atoms with Crippen LogP contribution in [0.3, 0.4) is 0 Å². The highest BCUT2D eigenvalue weighted by Gasteiger charge is 2.23. The summed E-state index contributed by atoms with van der Waals surface area (Å²) in [5.74, 6) is -1.12. The molecule has 108 valence electrons. The van der Waals surface area contributed by atoms with Gasteiger partial charge in [-0.05, 0) is 17.7 Å². The first kappa shape index (κ1) is 14.4. The van der Waals surface area contributed by atoms with Crippen LogP contribution in [-0.2, 0) is 6.54 Å². The van der Waals surface area contributed by atoms with Gasteiger partial charge in [0.05, 0.1) is 10.5 Å². The van der Waals surface area contributed by atoms with Crippen molar-refractivity contribution in [1.82, 2.24) is 9.88 Å². The predicted molar refractivity (Wildman–Crippen MR) is 74.8 cm³/mol. The van der Waals surface area contributed by atoms with Crippen molar-refractivity contribution in [2.24, 2.45) is 0 Å². The summed E-state index contributed by atoms with van der Waals surface area (Å²) < 4.78 is 0. The third-order valence-corrected chi connectivity index (χ3v) is 2.93. The molecular formula is C14H13N3O4. The van der Waals surface area contributed by atoms with Crippen molar-refractivity contribution in [2.45, 2.75) is 6.54 Å². The highest BCUT2D eigenvalue weighted by molar-refractivity contribution is 5.97. The number of aromatic nitrogens is 1. The van der Waals surface area contributed by atoms with Crippen LogP contribution in [0, 0.1) is 10.1 Å². The molecule has 1 aromatic heterocycles. The molecule has 1 aromatic carbocycles. The fourth-order valence-corrected chi connectivity index (χ4v) is 1.89. The van der Waals surface area contributed by atoms with Crippen LogP contribution < -0.4 is 0 Å². The molecule has 0 fully saturated rings. The van der Waals surface area contributed by atoms with Crippen LogP contribution >= 0.6 is 0 Å². The van der Waals surface area contributed by atoms with E-state index < -0.39 is 22.3 Å². The van der Waals surface area contributed by atoms with Crippen LogP contribution in [-0.4, -0.2) is 32.9 Å². The number of benzene rings is 1. The molecule has 1 N–H and O–H groups in total.